The van der Waals surface area contributed by atoms with Crippen LogP contribution in [0.5, 0.6) is 0 Å². The minimum Gasteiger partial charge on any atom is -0.404 e. The number of carbonyl (C=O) groups is 1. The highest BCUT2D eigenvalue weighted by Gasteiger charge is 2.39. The van der Waals surface area contributed by atoms with E-state index in [0.29, 0.717) is 16.6 Å². The van der Waals surface area contributed by atoms with E-state index >= 15 is 0 Å². The second-order valence-corrected chi connectivity index (χ2v) is 5.83. The van der Waals surface area contributed by atoms with Gasteiger partial charge < -0.3 is 9.84 Å². The summed E-state index contributed by atoms with van der Waals surface area (Å²) in [5.41, 5.74) is 1.31. The van der Waals surface area contributed by atoms with E-state index in [2.05, 4.69) is 20.4 Å². The van der Waals surface area contributed by atoms with Crippen LogP contribution >= 0.6 is 0 Å². The van der Waals surface area contributed by atoms with Gasteiger partial charge in [0.1, 0.15) is 12.6 Å². The topological polar surface area (TPSA) is 46.5 Å². The number of hydrogen-bond acceptors (Lipinski definition) is 3. The van der Waals surface area contributed by atoms with Crippen LogP contribution in [-0.4, -0.2) is 41.3 Å². The number of carbonyl (C=O) groups excluding carboxylic acids is 1. The molecule has 0 amide bonds. The molecule has 0 aliphatic rings. The summed E-state index contributed by atoms with van der Waals surface area (Å²) in [6.45, 7) is 13.2. The quantitative estimate of drug-likeness (QED) is 0.347. The van der Waals surface area contributed by atoms with Gasteiger partial charge in [0, 0.05) is 5.57 Å². The van der Waals surface area contributed by atoms with Gasteiger partial charge >= 0.3 is 5.97 Å². The van der Waals surface area contributed by atoms with E-state index in [1.807, 2.05) is 30.3 Å². The Morgan fingerprint density at radius 3 is 2.23 bits per heavy atom. The van der Waals surface area contributed by atoms with Crippen molar-refractivity contribution in [3.05, 3.63) is 48.0 Å². The van der Waals surface area contributed by atoms with Gasteiger partial charge in [-0.25, -0.2) is 4.79 Å². The summed E-state index contributed by atoms with van der Waals surface area (Å²) < 4.78 is 6.26. The molecular formula is C18H28NO3+. The largest absolute Gasteiger partial charge is 0.404 e. The van der Waals surface area contributed by atoms with E-state index in [1.165, 1.54) is 0 Å². The lowest BCUT2D eigenvalue weighted by atomic mass is 10.1. The predicted octanol–water partition coefficient (Wildman–Crippen LogP) is 3.04. The molecule has 122 valence electrons. The number of hydrogen-bond donors (Lipinski definition) is 1. The van der Waals surface area contributed by atoms with Gasteiger partial charge in [0.05, 0.1) is 18.7 Å². The fourth-order valence-electron chi connectivity index (χ4n) is 2.75. The first kappa shape index (κ1) is 18.4. The van der Waals surface area contributed by atoms with Crippen LogP contribution in [-0.2, 0) is 9.53 Å². The third-order valence-corrected chi connectivity index (χ3v) is 4.04. The standard InChI is InChI=1S/C18H28NO3/c1-6-19(7-2,13-15(5)20)17(22-18(21)14(3)4)16-11-9-8-10-12-16/h8-12,15,17,20H,3,6-7,13H2,1-2,4-5H3/q+1. The summed E-state index contributed by atoms with van der Waals surface area (Å²) in [5.74, 6) is -0.399. The fraction of sp³-hybridized carbons (Fsp3) is 0.500. The molecule has 1 aromatic rings. The highest BCUT2D eigenvalue weighted by Crippen LogP contribution is 2.31. The van der Waals surface area contributed by atoms with Gasteiger partial charge in [0.2, 0.25) is 0 Å². The zero-order chi connectivity index (χ0) is 16.8. The number of aliphatic hydroxyl groups is 1. The number of nitrogens with zero attached hydrogens (tertiary/aromatic N) is 1. The van der Waals surface area contributed by atoms with Gasteiger partial charge in [-0.1, -0.05) is 24.8 Å². The van der Waals surface area contributed by atoms with Gasteiger partial charge in [0.25, 0.3) is 6.23 Å². The molecule has 2 unspecified atom stereocenters. The van der Waals surface area contributed by atoms with Crippen LogP contribution in [0.3, 0.4) is 0 Å². The van der Waals surface area contributed by atoms with Crippen molar-refractivity contribution >= 4 is 5.97 Å². The molecule has 0 bridgehead atoms. The lowest BCUT2D eigenvalue weighted by molar-refractivity contribution is -0.975. The molecule has 0 aliphatic heterocycles. The molecule has 1 aromatic carbocycles. The van der Waals surface area contributed by atoms with E-state index in [4.69, 9.17) is 4.74 Å². The number of likely N-dealkylation sites (N-methyl/N-ethyl adjacent to an activating group) is 1. The summed E-state index contributed by atoms with van der Waals surface area (Å²) >= 11 is 0. The molecule has 0 spiro atoms. The number of quaternary nitrogens is 1. The number of esters is 1. The van der Waals surface area contributed by atoms with Gasteiger partial charge in [-0.2, -0.15) is 0 Å². The van der Waals surface area contributed by atoms with E-state index in [1.54, 1.807) is 13.8 Å². The molecule has 1 N–H and O–H groups in total. The molecule has 22 heavy (non-hydrogen) atoms. The SMILES string of the molecule is C=C(C)C(=O)OC(c1ccccc1)[N+](CC)(CC)CC(C)O. The molecule has 0 fully saturated rings. The molecule has 0 aromatic heterocycles. The lowest BCUT2D eigenvalue weighted by Gasteiger charge is -2.43. The van der Waals surface area contributed by atoms with Crippen molar-refractivity contribution in [2.45, 2.75) is 40.0 Å². The second-order valence-electron chi connectivity index (χ2n) is 5.83. The van der Waals surface area contributed by atoms with Crippen molar-refractivity contribution in [1.29, 1.82) is 0 Å². The average Bonchev–Trinajstić information content (AvgIpc) is 2.50. The van der Waals surface area contributed by atoms with Crippen LogP contribution in [0.1, 0.15) is 39.5 Å². The third kappa shape index (κ3) is 4.42. The van der Waals surface area contributed by atoms with Crippen molar-refractivity contribution in [3.8, 4) is 0 Å². The Kier molecular flexibility index (Phi) is 6.78. The van der Waals surface area contributed by atoms with Gasteiger partial charge in [-0.15, -0.1) is 0 Å². The predicted molar refractivity (Wildman–Crippen MR) is 88.0 cm³/mol. The Labute approximate surface area is 133 Å². The third-order valence-electron chi connectivity index (χ3n) is 4.04. The molecule has 0 saturated heterocycles. The molecule has 0 saturated carbocycles. The summed E-state index contributed by atoms with van der Waals surface area (Å²) in [6, 6.07) is 9.70. The first-order chi connectivity index (χ1) is 10.4. The zero-order valence-corrected chi connectivity index (χ0v) is 14.1. The Hall–Kier alpha value is -1.65. The van der Waals surface area contributed by atoms with Crippen molar-refractivity contribution < 1.29 is 19.1 Å². The molecule has 1 rings (SSSR count). The van der Waals surface area contributed by atoms with Crippen LogP contribution in [0.4, 0.5) is 0 Å². The van der Waals surface area contributed by atoms with E-state index in [0.717, 1.165) is 18.7 Å². The van der Waals surface area contributed by atoms with Crippen molar-refractivity contribution in [2.24, 2.45) is 0 Å². The molecule has 0 aliphatic carbocycles. The summed E-state index contributed by atoms with van der Waals surface area (Å²) in [4.78, 5) is 12.1. The number of benzene rings is 1. The maximum absolute atomic E-state index is 12.1. The minimum atomic E-state index is -0.477. The average molecular weight is 306 g/mol. The maximum atomic E-state index is 12.1. The molecule has 0 heterocycles. The first-order valence-electron chi connectivity index (χ1n) is 7.81. The van der Waals surface area contributed by atoms with Crippen molar-refractivity contribution in [3.63, 3.8) is 0 Å². The lowest BCUT2D eigenvalue weighted by Crippen LogP contribution is -2.55. The molecular weight excluding hydrogens is 278 g/mol. The fourth-order valence-corrected chi connectivity index (χ4v) is 2.75. The number of ether oxygens (including phenoxy) is 1. The first-order valence-corrected chi connectivity index (χ1v) is 7.81. The molecule has 4 nitrogen and oxygen atoms in total. The summed E-state index contributed by atoms with van der Waals surface area (Å²) in [6.07, 6.45) is -0.926. The van der Waals surface area contributed by atoms with Crippen LogP contribution in [0.25, 0.3) is 0 Å². The highest BCUT2D eigenvalue weighted by molar-refractivity contribution is 5.87. The van der Waals surface area contributed by atoms with Gasteiger partial charge in [-0.05, 0) is 39.8 Å². The smallest absolute Gasteiger partial charge is 0.337 e. The zero-order valence-electron chi connectivity index (χ0n) is 14.1. The molecule has 4 heteroatoms. The maximum Gasteiger partial charge on any atom is 0.337 e. The van der Waals surface area contributed by atoms with Crippen molar-refractivity contribution in [2.75, 3.05) is 19.6 Å². The molecule has 0 radical (unpaired) electrons. The Bertz CT molecular complexity index is 492. The monoisotopic (exact) mass is 306 g/mol. The van der Waals surface area contributed by atoms with Crippen LogP contribution in [0.15, 0.2) is 42.5 Å². The highest BCUT2D eigenvalue weighted by atomic mass is 16.6. The van der Waals surface area contributed by atoms with Crippen LogP contribution < -0.4 is 0 Å². The van der Waals surface area contributed by atoms with Crippen LogP contribution in [0, 0.1) is 0 Å². The second kappa shape index (κ2) is 8.11. The summed E-state index contributed by atoms with van der Waals surface area (Å²) in [5, 5.41) is 9.92. The molecule has 2 atom stereocenters. The summed E-state index contributed by atoms with van der Waals surface area (Å²) in [7, 11) is 0. The van der Waals surface area contributed by atoms with E-state index in [9.17, 15) is 9.90 Å². The van der Waals surface area contributed by atoms with Crippen molar-refractivity contribution in [1.82, 2.24) is 0 Å². The van der Waals surface area contributed by atoms with E-state index in [-0.39, 0.29) is 0 Å². The Morgan fingerprint density at radius 1 is 1.27 bits per heavy atom. The normalized spacial score (nSPS) is 14.2. The minimum absolute atomic E-state index is 0.378. The van der Waals surface area contributed by atoms with Gasteiger partial charge in [-0.3, -0.25) is 4.48 Å². The Morgan fingerprint density at radius 2 is 1.82 bits per heavy atom. The Balaban J connectivity index is 3.27. The van der Waals surface area contributed by atoms with E-state index < -0.39 is 18.3 Å². The van der Waals surface area contributed by atoms with Gasteiger partial charge in [0.15, 0.2) is 0 Å². The van der Waals surface area contributed by atoms with Crippen LogP contribution in [0.2, 0.25) is 0 Å². The number of rotatable bonds is 8. The number of aliphatic hydroxyl groups excluding tert-OH is 1.